The van der Waals surface area contributed by atoms with E-state index in [9.17, 15) is 14.0 Å². The van der Waals surface area contributed by atoms with Crippen molar-refractivity contribution in [1.82, 2.24) is 19.1 Å². The lowest BCUT2D eigenvalue weighted by molar-refractivity contribution is 0.0996. The molecular formula is C21H23FN6O3. The molecule has 1 amide bonds. The maximum absolute atomic E-state index is 14.2. The number of carbonyl (C=O) groups excluding carboxylic acids is 1. The maximum atomic E-state index is 14.2. The fourth-order valence-corrected chi connectivity index (χ4v) is 4.82. The molecule has 3 aromatic rings. The third-order valence-electron chi connectivity index (χ3n) is 6.50. The maximum Gasteiger partial charge on any atom is 0.330 e. The smallest absolute Gasteiger partial charge is 0.330 e. The molecule has 0 bridgehead atoms. The number of hydrogen-bond donors (Lipinski definition) is 2. The van der Waals surface area contributed by atoms with Crippen molar-refractivity contribution in [3.63, 3.8) is 0 Å². The van der Waals surface area contributed by atoms with E-state index >= 15 is 0 Å². The summed E-state index contributed by atoms with van der Waals surface area (Å²) in [5.74, 6) is -0.368. The largest absolute Gasteiger partial charge is 0.381 e. The first kappa shape index (κ1) is 19.7. The van der Waals surface area contributed by atoms with Crippen LogP contribution in [0.3, 0.4) is 0 Å². The Morgan fingerprint density at radius 2 is 2.00 bits per heavy atom. The predicted molar refractivity (Wildman–Crippen MR) is 112 cm³/mol. The Morgan fingerprint density at radius 3 is 2.68 bits per heavy atom. The lowest BCUT2D eigenvalue weighted by Crippen LogP contribution is -2.25. The summed E-state index contributed by atoms with van der Waals surface area (Å²) >= 11 is 0. The number of benzene rings is 1. The van der Waals surface area contributed by atoms with Gasteiger partial charge < -0.3 is 15.8 Å². The highest BCUT2D eigenvalue weighted by Crippen LogP contribution is 2.43. The molecule has 1 aromatic carbocycles. The van der Waals surface area contributed by atoms with Gasteiger partial charge >= 0.3 is 5.69 Å². The van der Waals surface area contributed by atoms with Crippen LogP contribution in [0.4, 0.5) is 16.0 Å². The minimum atomic E-state index is -0.829. The molecule has 1 aliphatic heterocycles. The number of nitrogens with one attached hydrogen (secondary N) is 1. The zero-order valence-corrected chi connectivity index (χ0v) is 17.3. The van der Waals surface area contributed by atoms with E-state index in [2.05, 4.69) is 15.3 Å². The topological polar surface area (TPSA) is 117 Å². The highest BCUT2D eigenvalue weighted by molar-refractivity contribution is 5.94. The van der Waals surface area contributed by atoms with Gasteiger partial charge in [-0.3, -0.25) is 13.9 Å². The third-order valence-corrected chi connectivity index (χ3v) is 6.50. The number of aryl methyl sites for hydroxylation is 2. The second kappa shape index (κ2) is 7.16. The molecule has 2 unspecified atom stereocenters. The molecule has 10 heteroatoms. The van der Waals surface area contributed by atoms with Crippen LogP contribution in [0.2, 0.25) is 0 Å². The van der Waals surface area contributed by atoms with Crippen LogP contribution in [0.1, 0.15) is 34.8 Å². The first-order valence-electron chi connectivity index (χ1n) is 10.2. The van der Waals surface area contributed by atoms with Crippen LogP contribution in [0.25, 0.3) is 11.2 Å². The number of primary amides is 1. The first-order chi connectivity index (χ1) is 14.8. The van der Waals surface area contributed by atoms with Gasteiger partial charge in [-0.2, -0.15) is 4.98 Å². The van der Waals surface area contributed by atoms with Gasteiger partial charge in [-0.25, -0.2) is 14.2 Å². The number of ether oxygens (including phenoxy) is 1. The summed E-state index contributed by atoms with van der Waals surface area (Å²) in [6.07, 6.45) is 3.36. The van der Waals surface area contributed by atoms with Gasteiger partial charge in [-0.15, -0.1) is 0 Å². The lowest BCUT2D eigenvalue weighted by Gasteiger charge is -2.14. The van der Waals surface area contributed by atoms with E-state index in [1.807, 2.05) is 0 Å². The zero-order chi connectivity index (χ0) is 21.9. The van der Waals surface area contributed by atoms with E-state index in [0.717, 1.165) is 26.1 Å². The average Bonchev–Trinajstić information content (AvgIpc) is 3.38. The summed E-state index contributed by atoms with van der Waals surface area (Å²) < 4.78 is 23.1. The number of imidazole rings is 1. The second-order valence-electron chi connectivity index (χ2n) is 8.43. The van der Waals surface area contributed by atoms with Crippen molar-refractivity contribution in [3.8, 4) is 0 Å². The summed E-state index contributed by atoms with van der Waals surface area (Å²) in [6.45, 7) is 3.22. The predicted octanol–water partition coefficient (Wildman–Crippen LogP) is 2.02. The van der Waals surface area contributed by atoms with E-state index in [1.165, 1.54) is 12.1 Å². The van der Waals surface area contributed by atoms with Crippen molar-refractivity contribution in [2.45, 2.75) is 25.8 Å². The number of rotatable bonds is 4. The number of carbonyl (C=O) groups is 1. The number of anilines is 2. The van der Waals surface area contributed by atoms with Crippen LogP contribution in [0, 0.1) is 24.6 Å². The van der Waals surface area contributed by atoms with Crippen LogP contribution in [-0.4, -0.2) is 38.2 Å². The normalized spacial score (nSPS) is 22.7. The van der Waals surface area contributed by atoms with Gasteiger partial charge in [0.05, 0.1) is 11.8 Å². The molecule has 2 aromatic heterocycles. The highest BCUT2D eigenvalue weighted by Gasteiger charge is 2.40. The standard InChI is InChI=1S/C21H23FN6O3/c1-10-3-14(18(23)29)15(22)6-16(10)25-20-24-7-17-19(26-20)28(21(30)27(17)2)13-4-11-8-31-9-12(11)5-13/h3,6-7,11-13H,4-5,8-9H2,1-2H3,(H2,23,29)(H,24,25,26). The minimum absolute atomic E-state index is 0.0619. The van der Waals surface area contributed by atoms with Gasteiger partial charge in [-0.1, -0.05) is 0 Å². The molecule has 9 nitrogen and oxygen atoms in total. The van der Waals surface area contributed by atoms with E-state index in [0.29, 0.717) is 34.3 Å². The van der Waals surface area contributed by atoms with Gasteiger partial charge in [-0.05, 0) is 49.3 Å². The quantitative estimate of drug-likeness (QED) is 0.659. The molecule has 2 atom stereocenters. The molecule has 162 valence electrons. The molecule has 1 saturated carbocycles. The van der Waals surface area contributed by atoms with Gasteiger partial charge in [0, 0.05) is 32.0 Å². The number of hydrogen-bond acceptors (Lipinski definition) is 6. The molecule has 31 heavy (non-hydrogen) atoms. The molecule has 3 N–H and O–H groups in total. The average molecular weight is 426 g/mol. The van der Waals surface area contributed by atoms with Crippen LogP contribution >= 0.6 is 0 Å². The van der Waals surface area contributed by atoms with Gasteiger partial charge in [0.2, 0.25) is 5.95 Å². The molecule has 5 rings (SSSR count). The van der Waals surface area contributed by atoms with Crippen molar-refractivity contribution in [3.05, 3.63) is 45.8 Å². The van der Waals surface area contributed by atoms with E-state index in [1.54, 1.807) is 29.3 Å². The van der Waals surface area contributed by atoms with Crippen molar-refractivity contribution in [1.29, 1.82) is 0 Å². The number of amides is 1. The number of aromatic nitrogens is 4. The van der Waals surface area contributed by atoms with Gasteiger partial charge in [0.1, 0.15) is 11.3 Å². The monoisotopic (exact) mass is 426 g/mol. The number of fused-ring (bicyclic) bond motifs is 2. The van der Waals surface area contributed by atoms with E-state index < -0.39 is 11.7 Å². The molecule has 2 aliphatic rings. The molecule has 0 radical (unpaired) electrons. The highest BCUT2D eigenvalue weighted by atomic mass is 19.1. The Balaban J connectivity index is 1.53. The van der Waals surface area contributed by atoms with Crippen molar-refractivity contribution in [2.24, 2.45) is 24.6 Å². The molecule has 0 spiro atoms. The van der Waals surface area contributed by atoms with Crippen LogP contribution in [-0.2, 0) is 11.8 Å². The Kier molecular flexibility index (Phi) is 4.54. The Labute approximate surface area is 177 Å². The third kappa shape index (κ3) is 3.18. The summed E-state index contributed by atoms with van der Waals surface area (Å²) in [6, 6.07) is 2.64. The minimum Gasteiger partial charge on any atom is -0.381 e. The first-order valence-corrected chi connectivity index (χ1v) is 10.2. The summed E-state index contributed by atoms with van der Waals surface area (Å²) in [5, 5.41) is 3.00. The van der Waals surface area contributed by atoms with Crippen molar-refractivity contribution >= 4 is 28.7 Å². The fraction of sp³-hybridized carbons (Fsp3) is 0.429. The van der Waals surface area contributed by atoms with Crippen LogP contribution in [0.5, 0.6) is 0 Å². The van der Waals surface area contributed by atoms with Crippen molar-refractivity contribution < 1.29 is 13.9 Å². The number of halogens is 1. The van der Waals surface area contributed by atoms with Crippen LogP contribution < -0.4 is 16.7 Å². The lowest BCUT2D eigenvalue weighted by atomic mass is 10.0. The number of nitrogens with zero attached hydrogens (tertiary/aromatic N) is 4. The van der Waals surface area contributed by atoms with Crippen molar-refractivity contribution in [2.75, 3.05) is 18.5 Å². The summed E-state index contributed by atoms with van der Waals surface area (Å²) in [4.78, 5) is 33.2. The van der Waals surface area contributed by atoms with E-state index in [4.69, 9.17) is 10.5 Å². The number of nitrogens with two attached hydrogens (primary N) is 1. The Morgan fingerprint density at radius 1 is 1.29 bits per heavy atom. The molecule has 2 fully saturated rings. The van der Waals surface area contributed by atoms with Gasteiger partial charge in [0.15, 0.2) is 5.65 Å². The fourth-order valence-electron chi connectivity index (χ4n) is 4.82. The van der Waals surface area contributed by atoms with Gasteiger partial charge in [0.25, 0.3) is 5.91 Å². The second-order valence-corrected chi connectivity index (χ2v) is 8.43. The molecular weight excluding hydrogens is 403 g/mol. The summed E-state index contributed by atoms with van der Waals surface area (Å²) in [7, 11) is 1.71. The molecule has 1 saturated heterocycles. The molecule has 3 heterocycles. The zero-order valence-electron chi connectivity index (χ0n) is 17.3. The Bertz CT molecular complexity index is 1250. The summed E-state index contributed by atoms with van der Waals surface area (Å²) in [5.41, 5.74) is 7.12. The SMILES string of the molecule is Cc1cc(C(N)=O)c(F)cc1Nc1ncc2c(n1)n(C1CC3COCC3C1)c(=O)n2C. The molecule has 1 aliphatic carbocycles. The Hall–Kier alpha value is -3.27. The van der Waals surface area contributed by atoms with Crippen LogP contribution in [0.15, 0.2) is 23.1 Å². The van der Waals surface area contributed by atoms with E-state index in [-0.39, 0.29) is 23.2 Å².